The van der Waals surface area contributed by atoms with Crippen LogP contribution in [-0.2, 0) is 6.42 Å². The number of nitrogens with zero attached hydrogens (tertiary/aromatic N) is 1. The Kier molecular flexibility index (Phi) is 3.16. The summed E-state index contributed by atoms with van der Waals surface area (Å²) in [7, 11) is 1.56. The van der Waals surface area contributed by atoms with Crippen molar-refractivity contribution in [1.29, 1.82) is 5.26 Å². The Morgan fingerprint density at radius 3 is 2.69 bits per heavy atom. The molecule has 0 aliphatic rings. The Bertz CT molecular complexity index is 355. The molecule has 0 aliphatic carbocycles. The molecule has 0 unspecified atom stereocenters. The molecule has 0 radical (unpaired) electrons. The Hall–Kier alpha value is -1.20. The van der Waals surface area contributed by atoms with Crippen molar-refractivity contribution >= 4 is 11.6 Å². The van der Waals surface area contributed by atoms with Gasteiger partial charge in [0.05, 0.1) is 12.7 Å². The Morgan fingerprint density at radius 2 is 2.23 bits per heavy atom. The third-order valence-corrected chi connectivity index (χ3v) is 2.05. The molecule has 13 heavy (non-hydrogen) atoms. The van der Waals surface area contributed by atoms with Gasteiger partial charge < -0.3 is 4.74 Å². The number of hydrogen-bond donors (Lipinski definition) is 0. The third kappa shape index (κ3) is 1.93. The van der Waals surface area contributed by atoms with Crippen molar-refractivity contribution in [3.63, 3.8) is 0 Å². The van der Waals surface area contributed by atoms with Gasteiger partial charge in [0, 0.05) is 5.02 Å². The summed E-state index contributed by atoms with van der Waals surface area (Å²) in [5.74, 6) is 0.634. The molecule has 0 fully saturated rings. The Morgan fingerprint density at radius 1 is 1.54 bits per heavy atom. The Balaban J connectivity index is 3.36. The quantitative estimate of drug-likeness (QED) is 0.727. The predicted octanol–water partition coefficient (Wildman–Crippen LogP) is 2.78. The first-order chi connectivity index (χ1) is 6.22. The van der Waals surface area contributed by atoms with Gasteiger partial charge in [-0.15, -0.1) is 0 Å². The van der Waals surface area contributed by atoms with Crippen LogP contribution in [0.1, 0.15) is 18.1 Å². The van der Waals surface area contributed by atoms with Crippen LogP contribution >= 0.6 is 11.6 Å². The second kappa shape index (κ2) is 4.15. The standard InChI is InChI=1S/C10H10ClNO/c1-3-7-4-9(11)5-8(6-12)10(7)13-2/h4-5H,3H2,1-2H3. The van der Waals surface area contributed by atoms with Crippen molar-refractivity contribution in [2.24, 2.45) is 0 Å². The normalized spacial score (nSPS) is 9.38. The topological polar surface area (TPSA) is 33.0 Å². The van der Waals surface area contributed by atoms with Gasteiger partial charge in [0.15, 0.2) is 0 Å². The third-order valence-electron chi connectivity index (χ3n) is 1.84. The molecule has 0 atom stereocenters. The number of nitriles is 1. The molecule has 0 saturated heterocycles. The molecule has 0 aliphatic heterocycles. The van der Waals surface area contributed by atoms with Gasteiger partial charge in [-0.25, -0.2) is 0 Å². The fraction of sp³-hybridized carbons (Fsp3) is 0.300. The smallest absolute Gasteiger partial charge is 0.139 e. The molecule has 1 aromatic carbocycles. The van der Waals surface area contributed by atoms with E-state index < -0.39 is 0 Å². The van der Waals surface area contributed by atoms with Gasteiger partial charge in [0.25, 0.3) is 0 Å². The highest BCUT2D eigenvalue weighted by atomic mass is 35.5. The van der Waals surface area contributed by atoms with Crippen LogP contribution in [0.15, 0.2) is 12.1 Å². The molecule has 2 nitrogen and oxygen atoms in total. The summed E-state index contributed by atoms with van der Waals surface area (Å²) in [4.78, 5) is 0. The van der Waals surface area contributed by atoms with Crippen molar-refractivity contribution in [3.05, 3.63) is 28.3 Å². The zero-order valence-electron chi connectivity index (χ0n) is 7.60. The number of rotatable bonds is 2. The number of hydrogen-bond acceptors (Lipinski definition) is 2. The molecule has 0 N–H and O–H groups in total. The largest absolute Gasteiger partial charge is 0.495 e. The van der Waals surface area contributed by atoms with Crippen LogP contribution in [0.25, 0.3) is 0 Å². The van der Waals surface area contributed by atoms with Gasteiger partial charge >= 0.3 is 0 Å². The monoisotopic (exact) mass is 195 g/mol. The molecule has 68 valence electrons. The number of ether oxygens (including phenoxy) is 1. The number of benzene rings is 1. The van der Waals surface area contributed by atoms with E-state index in [4.69, 9.17) is 21.6 Å². The zero-order chi connectivity index (χ0) is 9.84. The van der Waals surface area contributed by atoms with Crippen LogP contribution < -0.4 is 4.74 Å². The van der Waals surface area contributed by atoms with Crippen LogP contribution in [0.2, 0.25) is 5.02 Å². The van der Waals surface area contributed by atoms with Gasteiger partial charge in [-0.1, -0.05) is 18.5 Å². The van der Waals surface area contributed by atoms with Crippen LogP contribution in [0.3, 0.4) is 0 Å². The molecule has 0 heterocycles. The van der Waals surface area contributed by atoms with E-state index >= 15 is 0 Å². The first-order valence-electron chi connectivity index (χ1n) is 3.99. The second-order valence-electron chi connectivity index (χ2n) is 2.61. The summed E-state index contributed by atoms with van der Waals surface area (Å²) in [6.45, 7) is 2.00. The lowest BCUT2D eigenvalue weighted by Crippen LogP contribution is -1.94. The summed E-state index contributed by atoms with van der Waals surface area (Å²) < 4.78 is 5.13. The van der Waals surface area contributed by atoms with E-state index in [1.807, 2.05) is 13.0 Å². The molecule has 3 heteroatoms. The summed E-state index contributed by atoms with van der Waals surface area (Å²) >= 11 is 5.83. The molecular weight excluding hydrogens is 186 g/mol. The molecule has 1 rings (SSSR count). The summed E-state index contributed by atoms with van der Waals surface area (Å²) in [6.07, 6.45) is 0.804. The van der Waals surface area contributed by atoms with Crippen LogP contribution in [0, 0.1) is 11.3 Å². The predicted molar refractivity (Wildman–Crippen MR) is 52.1 cm³/mol. The minimum absolute atomic E-state index is 0.492. The fourth-order valence-corrected chi connectivity index (χ4v) is 1.48. The van der Waals surface area contributed by atoms with E-state index in [0.717, 1.165) is 12.0 Å². The minimum Gasteiger partial charge on any atom is -0.495 e. The molecule has 0 saturated carbocycles. The van der Waals surface area contributed by atoms with E-state index in [1.54, 1.807) is 13.2 Å². The molecule has 0 aromatic heterocycles. The van der Waals surface area contributed by atoms with E-state index in [2.05, 4.69) is 6.07 Å². The summed E-state index contributed by atoms with van der Waals surface area (Å²) in [6, 6.07) is 5.48. The van der Waals surface area contributed by atoms with Crippen molar-refractivity contribution in [2.75, 3.05) is 7.11 Å². The average Bonchev–Trinajstić information content (AvgIpc) is 2.16. The molecule has 0 amide bonds. The van der Waals surface area contributed by atoms with Crippen LogP contribution in [-0.4, -0.2) is 7.11 Å². The molecule has 1 aromatic rings. The average molecular weight is 196 g/mol. The Labute approximate surface area is 82.7 Å². The summed E-state index contributed by atoms with van der Waals surface area (Å²) in [5.41, 5.74) is 1.46. The van der Waals surface area contributed by atoms with Crippen LogP contribution in [0.4, 0.5) is 0 Å². The minimum atomic E-state index is 0.492. The van der Waals surface area contributed by atoms with Gasteiger partial charge in [-0.3, -0.25) is 0 Å². The lowest BCUT2D eigenvalue weighted by atomic mass is 10.1. The zero-order valence-corrected chi connectivity index (χ0v) is 8.35. The first-order valence-corrected chi connectivity index (χ1v) is 4.37. The van der Waals surface area contributed by atoms with Crippen molar-refractivity contribution in [2.45, 2.75) is 13.3 Å². The highest BCUT2D eigenvalue weighted by Gasteiger charge is 2.08. The van der Waals surface area contributed by atoms with Crippen LogP contribution in [0.5, 0.6) is 5.75 Å². The second-order valence-corrected chi connectivity index (χ2v) is 3.05. The SMILES string of the molecule is CCc1cc(Cl)cc(C#N)c1OC. The van der Waals surface area contributed by atoms with E-state index in [9.17, 15) is 0 Å². The maximum atomic E-state index is 8.81. The van der Waals surface area contributed by atoms with E-state index in [0.29, 0.717) is 16.3 Å². The molecule has 0 spiro atoms. The first kappa shape index (κ1) is 9.88. The van der Waals surface area contributed by atoms with Crippen molar-refractivity contribution in [3.8, 4) is 11.8 Å². The number of methoxy groups -OCH3 is 1. The van der Waals surface area contributed by atoms with E-state index in [1.165, 1.54) is 0 Å². The van der Waals surface area contributed by atoms with E-state index in [-0.39, 0.29) is 0 Å². The molecular formula is C10H10ClNO. The van der Waals surface area contributed by atoms with Gasteiger partial charge in [-0.2, -0.15) is 5.26 Å². The highest BCUT2D eigenvalue weighted by Crippen LogP contribution is 2.27. The molecule has 0 bridgehead atoms. The van der Waals surface area contributed by atoms with Crippen molar-refractivity contribution < 1.29 is 4.74 Å². The maximum Gasteiger partial charge on any atom is 0.139 e. The lowest BCUT2D eigenvalue weighted by Gasteiger charge is -2.08. The number of halogens is 1. The maximum absolute atomic E-state index is 8.81. The fourth-order valence-electron chi connectivity index (χ4n) is 1.24. The van der Waals surface area contributed by atoms with Gasteiger partial charge in [0.1, 0.15) is 11.8 Å². The lowest BCUT2D eigenvalue weighted by molar-refractivity contribution is 0.409. The van der Waals surface area contributed by atoms with Crippen molar-refractivity contribution in [1.82, 2.24) is 0 Å². The number of aryl methyl sites for hydroxylation is 1. The van der Waals surface area contributed by atoms with Gasteiger partial charge in [0.2, 0.25) is 0 Å². The van der Waals surface area contributed by atoms with Gasteiger partial charge in [-0.05, 0) is 24.1 Å². The summed E-state index contributed by atoms with van der Waals surface area (Å²) in [5, 5.41) is 9.38. The highest BCUT2D eigenvalue weighted by molar-refractivity contribution is 6.30.